The Hall–Kier alpha value is -2.72. The number of nitrogens with zero attached hydrogens (tertiary/aromatic N) is 3. The van der Waals surface area contributed by atoms with Crippen molar-refractivity contribution in [1.29, 1.82) is 0 Å². The second-order valence-corrected chi connectivity index (χ2v) is 8.50. The van der Waals surface area contributed by atoms with E-state index >= 15 is 0 Å². The molecule has 1 aliphatic rings. The Balaban J connectivity index is 1.90. The van der Waals surface area contributed by atoms with Gasteiger partial charge in [0.25, 0.3) is 5.91 Å². The van der Waals surface area contributed by atoms with Crippen LogP contribution in [-0.2, 0) is 23.0 Å². The fourth-order valence-electron chi connectivity index (χ4n) is 3.08. The first-order valence-electron chi connectivity index (χ1n) is 8.81. The molecule has 0 spiro atoms. The Morgan fingerprint density at radius 2 is 2.11 bits per heavy atom. The summed E-state index contributed by atoms with van der Waals surface area (Å²) in [6, 6.07) is 4.11. The van der Waals surface area contributed by atoms with Gasteiger partial charge in [-0.2, -0.15) is 0 Å². The number of ether oxygens (including phenoxy) is 1. The summed E-state index contributed by atoms with van der Waals surface area (Å²) in [5.74, 6) is 0.116. The highest BCUT2D eigenvalue weighted by molar-refractivity contribution is 7.89. The first-order valence-corrected chi connectivity index (χ1v) is 10.3. The lowest BCUT2D eigenvalue weighted by molar-refractivity contribution is 0.0733. The zero-order valence-electron chi connectivity index (χ0n) is 16.0. The molecule has 0 atom stereocenters. The lowest BCUT2D eigenvalue weighted by Gasteiger charge is -2.28. The zero-order valence-corrected chi connectivity index (χ0v) is 16.8. The standard InChI is InChI=1S/C18H23N5O4S/c1-11(2)22-28(25,26)16-8-12(4-5-15(16)27-3)17(24)23-7-6-14-13(10-23)9-20-18(19)21-14/h4-5,8-9,11,22H,6-7,10H2,1-3H3,(H2,19,20,21). The summed E-state index contributed by atoms with van der Waals surface area (Å²) in [5, 5.41) is 0. The SMILES string of the molecule is COc1ccc(C(=O)N2CCc3nc(N)ncc3C2)cc1S(=O)(=O)NC(C)C. The Kier molecular flexibility index (Phi) is 5.52. The lowest BCUT2D eigenvalue weighted by atomic mass is 10.1. The van der Waals surface area contributed by atoms with E-state index in [0.29, 0.717) is 19.5 Å². The van der Waals surface area contributed by atoms with Gasteiger partial charge in [-0.1, -0.05) is 0 Å². The van der Waals surface area contributed by atoms with Crippen LogP contribution in [0.1, 0.15) is 35.5 Å². The average Bonchev–Trinajstić information content (AvgIpc) is 2.65. The summed E-state index contributed by atoms with van der Waals surface area (Å²) in [7, 11) is -2.43. The molecule has 0 aliphatic carbocycles. The molecule has 1 amide bonds. The summed E-state index contributed by atoms with van der Waals surface area (Å²) in [4.78, 5) is 22.7. The molecule has 150 valence electrons. The maximum Gasteiger partial charge on any atom is 0.254 e. The van der Waals surface area contributed by atoms with E-state index in [4.69, 9.17) is 10.5 Å². The molecule has 3 rings (SSSR count). The second kappa shape index (κ2) is 7.72. The van der Waals surface area contributed by atoms with E-state index in [0.717, 1.165) is 11.3 Å². The maximum atomic E-state index is 13.0. The number of anilines is 1. The smallest absolute Gasteiger partial charge is 0.254 e. The summed E-state index contributed by atoms with van der Waals surface area (Å²) in [5.41, 5.74) is 7.54. The minimum absolute atomic E-state index is 0.0666. The molecular weight excluding hydrogens is 382 g/mol. The number of fused-ring (bicyclic) bond motifs is 1. The van der Waals surface area contributed by atoms with Crippen molar-refractivity contribution in [3.63, 3.8) is 0 Å². The number of aromatic nitrogens is 2. The van der Waals surface area contributed by atoms with Crippen LogP contribution in [0.25, 0.3) is 0 Å². The van der Waals surface area contributed by atoms with Crippen molar-refractivity contribution in [2.75, 3.05) is 19.4 Å². The van der Waals surface area contributed by atoms with Crippen molar-refractivity contribution in [1.82, 2.24) is 19.6 Å². The summed E-state index contributed by atoms with van der Waals surface area (Å²) >= 11 is 0. The molecule has 0 saturated carbocycles. The number of methoxy groups -OCH3 is 1. The molecular formula is C18H23N5O4S. The summed E-state index contributed by atoms with van der Waals surface area (Å²) < 4.78 is 32.9. The first-order chi connectivity index (χ1) is 13.2. The number of hydrogen-bond acceptors (Lipinski definition) is 7. The van der Waals surface area contributed by atoms with E-state index in [1.54, 1.807) is 31.0 Å². The average molecular weight is 405 g/mol. The normalized spacial score (nSPS) is 14.1. The summed E-state index contributed by atoms with van der Waals surface area (Å²) in [6.45, 7) is 4.24. The molecule has 2 heterocycles. The van der Waals surface area contributed by atoms with Gasteiger partial charge < -0.3 is 15.4 Å². The highest BCUT2D eigenvalue weighted by atomic mass is 32.2. The maximum absolute atomic E-state index is 13.0. The number of benzene rings is 1. The molecule has 0 unspecified atom stereocenters. The van der Waals surface area contributed by atoms with Crippen molar-refractivity contribution >= 4 is 21.9 Å². The number of amides is 1. The third-order valence-electron chi connectivity index (χ3n) is 4.33. The number of nitrogen functional groups attached to an aromatic ring is 1. The molecule has 2 aromatic rings. The van der Waals surface area contributed by atoms with E-state index in [1.807, 2.05) is 0 Å². The van der Waals surface area contributed by atoms with Gasteiger partial charge in [-0.25, -0.2) is 23.1 Å². The minimum Gasteiger partial charge on any atom is -0.495 e. The molecule has 3 N–H and O–H groups in total. The number of sulfonamides is 1. The van der Waals surface area contributed by atoms with Crippen molar-refractivity contribution in [3.05, 3.63) is 41.2 Å². The Labute approximate surface area is 164 Å². The predicted octanol–water partition coefficient (Wildman–Crippen LogP) is 0.953. The van der Waals surface area contributed by atoms with Gasteiger partial charge >= 0.3 is 0 Å². The van der Waals surface area contributed by atoms with Crippen LogP contribution in [0.2, 0.25) is 0 Å². The zero-order chi connectivity index (χ0) is 20.5. The van der Waals surface area contributed by atoms with Gasteiger partial charge in [0.15, 0.2) is 0 Å². The highest BCUT2D eigenvalue weighted by Gasteiger charge is 2.26. The van der Waals surface area contributed by atoms with Gasteiger partial charge in [0.1, 0.15) is 10.6 Å². The highest BCUT2D eigenvalue weighted by Crippen LogP contribution is 2.27. The molecule has 0 bridgehead atoms. The Bertz CT molecular complexity index is 1010. The van der Waals surface area contributed by atoms with Crippen molar-refractivity contribution in [2.45, 2.75) is 37.8 Å². The number of rotatable bonds is 5. The van der Waals surface area contributed by atoms with Gasteiger partial charge in [-0.3, -0.25) is 4.79 Å². The van der Waals surface area contributed by atoms with Gasteiger partial charge in [-0.15, -0.1) is 0 Å². The molecule has 1 aromatic heterocycles. The van der Waals surface area contributed by atoms with Crippen LogP contribution in [0.3, 0.4) is 0 Å². The molecule has 0 saturated heterocycles. The third kappa shape index (κ3) is 4.07. The van der Waals surface area contributed by atoms with E-state index in [1.165, 1.54) is 19.2 Å². The Morgan fingerprint density at radius 3 is 2.79 bits per heavy atom. The van der Waals surface area contributed by atoms with Crippen LogP contribution in [0.5, 0.6) is 5.75 Å². The van der Waals surface area contributed by atoms with Crippen LogP contribution in [0.4, 0.5) is 5.95 Å². The quantitative estimate of drug-likeness (QED) is 0.758. The van der Waals surface area contributed by atoms with Gasteiger partial charge in [0.2, 0.25) is 16.0 Å². The largest absolute Gasteiger partial charge is 0.495 e. The van der Waals surface area contributed by atoms with Crippen molar-refractivity contribution in [3.8, 4) is 5.75 Å². The lowest BCUT2D eigenvalue weighted by Crippen LogP contribution is -2.37. The van der Waals surface area contributed by atoms with Crippen LogP contribution < -0.4 is 15.2 Å². The van der Waals surface area contributed by atoms with E-state index in [9.17, 15) is 13.2 Å². The number of nitrogens with one attached hydrogen (secondary N) is 1. The second-order valence-electron chi connectivity index (χ2n) is 6.82. The van der Waals surface area contributed by atoms with Gasteiger partial charge in [0.05, 0.1) is 12.8 Å². The first kappa shape index (κ1) is 20.0. The predicted molar refractivity (Wildman–Crippen MR) is 103 cm³/mol. The fourth-order valence-corrected chi connectivity index (χ4v) is 4.53. The van der Waals surface area contributed by atoms with E-state index in [2.05, 4.69) is 14.7 Å². The van der Waals surface area contributed by atoms with E-state index in [-0.39, 0.29) is 34.1 Å². The van der Waals surface area contributed by atoms with Crippen molar-refractivity contribution < 1.29 is 17.9 Å². The monoisotopic (exact) mass is 405 g/mol. The number of carbonyl (C=O) groups is 1. The van der Waals surface area contributed by atoms with Gasteiger partial charge in [0, 0.05) is 42.9 Å². The number of hydrogen-bond donors (Lipinski definition) is 2. The van der Waals surface area contributed by atoms with Gasteiger partial charge in [-0.05, 0) is 32.0 Å². The van der Waals surface area contributed by atoms with Crippen LogP contribution >= 0.6 is 0 Å². The van der Waals surface area contributed by atoms with Crippen LogP contribution in [-0.4, -0.2) is 48.9 Å². The topological polar surface area (TPSA) is 128 Å². The minimum atomic E-state index is -3.82. The molecule has 28 heavy (non-hydrogen) atoms. The number of carbonyl (C=O) groups excluding carboxylic acids is 1. The van der Waals surface area contributed by atoms with Crippen molar-refractivity contribution in [2.24, 2.45) is 0 Å². The fraction of sp³-hybridized carbons (Fsp3) is 0.389. The molecule has 1 aliphatic heterocycles. The Morgan fingerprint density at radius 1 is 1.36 bits per heavy atom. The van der Waals surface area contributed by atoms with Crippen LogP contribution in [0, 0.1) is 0 Å². The molecule has 10 heteroatoms. The third-order valence-corrected chi connectivity index (χ3v) is 6.01. The molecule has 9 nitrogen and oxygen atoms in total. The number of nitrogens with two attached hydrogens (primary N) is 1. The molecule has 0 fully saturated rings. The molecule has 1 aromatic carbocycles. The van der Waals surface area contributed by atoms with Crippen LogP contribution in [0.15, 0.2) is 29.3 Å². The summed E-state index contributed by atoms with van der Waals surface area (Å²) in [6.07, 6.45) is 2.18. The van der Waals surface area contributed by atoms with E-state index < -0.39 is 10.0 Å². The molecule has 0 radical (unpaired) electrons.